The van der Waals surface area contributed by atoms with Gasteiger partial charge in [-0.05, 0) is 12.8 Å². The molecule has 0 aromatic rings. The summed E-state index contributed by atoms with van der Waals surface area (Å²) in [5.74, 6) is -6.10. The monoisotopic (exact) mass is 1170 g/mol. The molecular formula is C58H108N2O21. The van der Waals surface area contributed by atoms with Crippen molar-refractivity contribution in [3.63, 3.8) is 0 Å². The molecule has 2 amide bonds. The standard InChI is InChI=1S/C58H108N2O21/c1-4-6-8-10-12-14-15-16-17-18-19-20-21-22-24-25-27-29-31-40(65)39(60-45(68)32-30-28-26-23-13-11-9-7-5-2)37-76-55-50(72)49(71)52(44(36-63)78-55)79-56-51(73)54(48(70)43(35-62)77-56)81-58(57(74)75)33-41(66)46(59-38(3)64)53(80-58)47(69)42(67)34-61/h39-44,46-56,61-63,65-67,69-73H,4-37H2,1-3H3,(H,59,64)(H,60,68)(H,74,75). The van der Waals surface area contributed by atoms with Crippen LogP contribution in [0.4, 0.5) is 0 Å². The van der Waals surface area contributed by atoms with E-state index in [4.69, 9.17) is 28.4 Å². The van der Waals surface area contributed by atoms with Crippen molar-refractivity contribution < 1.29 is 104 Å². The summed E-state index contributed by atoms with van der Waals surface area (Å²) >= 11 is 0. The Balaban J connectivity index is 1.63. The topological polar surface area (TPSA) is 373 Å². The van der Waals surface area contributed by atoms with Gasteiger partial charge in [-0.25, -0.2) is 4.79 Å². The average Bonchev–Trinajstić information content (AvgIpc) is 3.64. The van der Waals surface area contributed by atoms with Gasteiger partial charge in [0.1, 0.15) is 67.1 Å². The number of hydrogen-bond donors (Lipinski definition) is 14. The molecule has 3 aliphatic heterocycles. The predicted octanol–water partition coefficient (Wildman–Crippen LogP) is 3.00. The number of aliphatic hydroxyl groups is 11. The average molecular weight is 1170 g/mol. The van der Waals surface area contributed by atoms with E-state index in [0.29, 0.717) is 19.3 Å². The van der Waals surface area contributed by atoms with E-state index in [1.165, 1.54) is 109 Å². The molecule has 0 radical (unpaired) electrons. The summed E-state index contributed by atoms with van der Waals surface area (Å²) in [4.78, 5) is 38.3. The number of unbranched alkanes of at least 4 members (excludes halogenated alkanes) is 25. The number of amides is 2. The SMILES string of the molecule is CCCCCCCCCCCCCCCCCCCCC(O)C(COC1OC(CO)C(OC2OC(CO)C(O)C(OC3(C(=O)O)CC(O)C(NC(C)=O)C(C(O)C(O)CO)O3)C2O)C(O)C1O)NC(=O)CCCCCCCCCCC. The maximum absolute atomic E-state index is 13.3. The van der Waals surface area contributed by atoms with Crippen LogP contribution in [0, 0.1) is 0 Å². The summed E-state index contributed by atoms with van der Waals surface area (Å²) in [6.45, 7) is 2.15. The van der Waals surface area contributed by atoms with E-state index >= 15 is 0 Å². The third-order valence-electron chi connectivity index (χ3n) is 16.1. The van der Waals surface area contributed by atoms with Crippen LogP contribution in [-0.4, -0.2) is 215 Å². The first-order valence-electron chi connectivity index (χ1n) is 30.9. The van der Waals surface area contributed by atoms with E-state index in [0.717, 1.165) is 58.3 Å². The van der Waals surface area contributed by atoms with Gasteiger partial charge >= 0.3 is 5.97 Å². The summed E-state index contributed by atoms with van der Waals surface area (Å²) in [6.07, 6.45) is 2.89. The zero-order valence-electron chi connectivity index (χ0n) is 48.9. The van der Waals surface area contributed by atoms with Gasteiger partial charge in [0.15, 0.2) is 12.6 Å². The minimum Gasteiger partial charge on any atom is -0.477 e. The molecule has 23 heteroatoms. The van der Waals surface area contributed by atoms with Crippen LogP contribution in [0.25, 0.3) is 0 Å². The highest BCUT2D eigenvalue weighted by molar-refractivity contribution is 5.77. The molecule has 3 aliphatic rings. The molecule has 0 saturated carbocycles. The Bertz CT molecular complexity index is 1670. The number of rotatable bonds is 45. The first kappa shape index (κ1) is 73.0. The van der Waals surface area contributed by atoms with Gasteiger partial charge in [0.25, 0.3) is 5.79 Å². The van der Waals surface area contributed by atoms with Crippen molar-refractivity contribution in [3.8, 4) is 0 Å². The van der Waals surface area contributed by atoms with Crippen molar-refractivity contribution in [3.05, 3.63) is 0 Å². The fourth-order valence-electron chi connectivity index (χ4n) is 11.1. The lowest BCUT2D eigenvalue weighted by molar-refractivity contribution is -0.386. The molecule has 14 N–H and O–H groups in total. The van der Waals surface area contributed by atoms with Gasteiger partial charge in [-0.2, -0.15) is 0 Å². The molecule has 3 heterocycles. The van der Waals surface area contributed by atoms with Gasteiger partial charge in [-0.1, -0.05) is 181 Å². The van der Waals surface area contributed by atoms with E-state index in [9.17, 15) is 75.7 Å². The molecule has 3 saturated heterocycles. The zero-order valence-corrected chi connectivity index (χ0v) is 48.9. The Labute approximate surface area is 480 Å². The van der Waals surface area contributed by atoms with Crippen molar-refractivity contribution in [2.75, 3.05) is 26.4 Å². The first-order valence-corrected chi connectivity index (χ1v) is 30.9. The van der Waals surface area contributed by atoms with Crippen molar-refractivity contribution in [1.29, 1.82) is 0 Å². The van der Waals surface area contributed by atoms with Crippen LogP contribution in [0.3, 0.4) is 0 Å². The van der Waals surface area contributed by atoms with Gasteiger partial charge in [0, 0.05) is 19.8 Å². The highest BCUT2D eigenvalue weighted by atomic mass is 16.8. The molecule has 23 nitrogen and oxygen atoms in total. The molecule has 81 heavy (non-hydrogen) atoms. The van der Waals surface area contributed by atoms with Crippen molar-refractivity contribution in [2.45, 2.75) is 323 Å². The summed E-state index contributed by atoms with van der Waals surface area (Å²) in [5, 5.41) is 135. The molecule has 18 unspecified atom stereocenters. The summed E-state index contributed by atoms with van der Waals surface area (Å²) in [7, 11) is 0. The molecule has 0 spiro atoms. The zero-order chi connectivity index (χ0) is 59.7. The van der Waals surface area contributed by atoms with E-state index in [1.807, 2.05) is 0 Å². The minimum absolute atomic E-state index is 0.226. The van der Waals surface area contributed by atoms with Crippen LogP contribution >= 0.6 is 0 Å². The van der Waals surface area contributed by atoms with Crippen LogP contribution in [0.2, 0.25) is 0 Å². The lowest BCUT2D eigenvalue weighted by atomic mass is 9.88. The maximum atomic E-state index is 13.3. The van der Waals surface area contributed by atoms with Gasteiger partial charge in [-0.15, -0.1) is 0 Å². The Morgan fingerprint density at radius 2 is 1.07 bits per heavy atom. The number of carbonyl (C=O) groups is 3. The Morgan fingerprint density at radius 3 is 1.54 bits per heavy atom. The highest BCUT2D eigenvalue weighted by Gasteiger charge is 2.60. The Morgan fingerprint density at radius 1 is 0.593 bits per heavy atom. The largest absolute Gasteiger partial charge is 0.477 e. The second-order valence-electron chi connectivity index (χ2n) is 22.9. The maximum Gasteiger partial charge on any atom is 0.364 e. The summed E-state index contributed by atoms with van der Waals surface area (Å²) in [5.41, 5.74) is 0. The molecule has 3 fully saturated rings. The number of nitrogens with one attached hydrogen (secondary N) is 2. The summed E-state index contributed by atoms with van der Waals surface area (Å²) in [6, 6.07) is -2.52. The Hall–Kier alpha value is -2.27. The molecule has 0 aromatic heterocycles. The molecule has 0 bridgehead atoms. The minimum atomic E-state index is -3.07. The van der Waals surface area contributed by atoms with E-state index in [-0.39, 0.29) is 18.9 Å². The second kappa shape index (κ2) is 40.9. The number of carboxylic acid groups (broad SMARTS) is 1. The van der Waals surface area contributed by atoms with Crippen molar-refractivity contribution in [2.24, 2.45) is 0 Å². The fourth-order valence-corrected chi connectivity index (χ4v) is 11.1. The number of carboxylic acids is 1. The second-order valence-corrected chi connectivity index (χ2v) is 22.9. The van der Waals surface area contributed by atoms with Gasteiger partial charge in [0.2, 0.25) is 11.8 Å². The third-order valence-corrected chi connectivity index (χ3v) is 16.1. The van der Waals surface area contributed by atoms with Crippen molar-refractivity contribution in [1.82, 2.24) is 10.6 Å². The van der Waals surface area contributed by atoms with E-state index in [1.54, 1.807) is 0 Å². The van der Waals surface area contributed by atoms with Crippen LogP contribution in [0.1, 0.15) is 213 Å². The quantitative estimate of drug-likeness (QED) is 0.0390. The molecule has 476 valence electrons. The lowest BCUT2D eigenvalue weighted by Gasteiger charge is -2.50. The molecule has 3 rings (SSSR count). The normalized spacial score (nSPS) is 30.4. The summed E-state index contributed by atoms with van der Waals surface area (Å²) < 4.78 is 34.7. The number of carbonyl (C=O) groups excluding carboxylic acids is 2. The van der Waals surface area contributed by atoms with Crippen molar-refractivity contribution >= 4 is 17.8 Å². The van der Waals surface area contributed by atoms with Crippen LogP contribution < -0.4 is 10.6 Å². The molecular weight excluding hydrogens is 1060 g/mol. The first-order chi connectivity index (χ1) is 38.9. The highest BCUT2D eigenvalue weighted by Crippen LogP contribution is 2.38. The number of aliphatic hydroxyl groups excluding tert-OH is 11. The third kappa shape index (κ3) is 25.3. The number of ether oxygens (including phenoxy) is 6. The van der Waals surface area contributed by atoms with E-state index in [2.05, 4.69) is 24.5 Å². The van der Waals surface area contributed by atoms with Gasteiger partial charge < -0.3 is 100 Å². The molecule has 0 aliphatic carbocycles. The lowest BCUT2D eigenvalue weighted by Crippen LogP contribution is -2.70. The van der Waals surface area contributed by atoms with E-state index < -0.39 is 148 Å². The van der Waals surface area contributed by atoms with Gasteiger partial charge in [0.05, 0.1) is 50.7 Å². The smallest absolute Gasteiger partial charge is 0.364 e. The van der Waals surface area contributed by atoms with Crippen LogP contribution in [0.15, 0.2) is 0 Å². The fraction of sp³-hybridized carbons (Fsp3) is 0.948. The van der Waals surface area contributed by atoms with Gasteiger partial charge in [-0.3, -0.25) is 9.59 Å². The van der Waals surface area contributed by atoms with Crippen LogP contribution in [0.5, 0.6) is 0 Å². The molecule has 0 aromatic carbocycles. The molecule has 18 atom stereocenters. The number of hydrogen-bond acceptors (Lipinski definition) is 20. The Kier molecular flexibility index (Phi) is 36.9. The predicted molar refractivity (Wildman–Crippen MR) is 297 cm³/mol. The van der Waals surface area contributed by atoms with Crippen LogP contribution in [-0.2, 0) is 42.8 Å². The number of aliphatic carboxylic acids is 1.